The Morgan fingerprint density at radius 1 is 1.25 bits per heavy atom. The summed E-state index contributed by atoms with van der Waals surface area (Å²) in [6.45, 7) is 0.300. The lowest BCUT2D eigenvalue weighted by Crippen LogP contribution is -2.22. The Morgan fingerprint density at radius 2 is 1.95 bits per heavy atom. The first-order valence-electron chi connectivity index (χ1n) is 5.82. The smallest absolute Gasteiger partial charge is 0.251 e. The monoisotopic (exact) mass is 288 g/mol. The van der Waals surface area contributed by atoms with Crippen molar-refractivity contribution in [1.82, 2.24) is 5.32 Å². The molecular formula is C15H10ClFN2O. The largest absolute Gasteiger partial charge is 0.348 e. The van der Waals surface area contributed by atoms with Gasteiger partial charge in [-0.15, -0.1) is 0 Å². The Kier molecular flexibility index (Phi) is 4.34. The van der Waals surface area contributed by atoms with Crippen molar-refractivity contribution < 1.29 is 9.18 Å². The van der Waals surface area contributed by atoms with Gasteiger partial charge >= 0.3 is 0 Å². The van der Waals surface area contributed by atoms with Gasteiger partial charge in [-0.3, -0.25) is 4.79 Å². The first kappa shape index (κ1) is 14.0. The maximum atomic E-state index is 13.2. The van der Waals surface area contributed by atoms with Crippen molar-refractivity contribution in [3.63, 3.8) is 0 Å². The summed E-state index contributed by atoms with van der Waals surface area (Å²) < 4.78 is 13.2. The Labute approximate surface area is 120 Å². The predicted molar refractivity (Wildman–Crippen MR) is 73.7 cm³/mol. The Balaban J connectivity index is 2.01. The molecule has 0 aromatic heterocycles. The molecule has 0 saturated carbocycles. The minimum absolute atomic E-state index is 0.0198. The van der Waals surface area contributed by atoms with E-state index < -0.39 is 5.82 Å². The lowest BCUT2D eigenvalue weighted by Gasteiger charge is -2.06. The summed E-state index contributed by atoms with van der Waals surface area (Å²) >= 11 is 5.55. The quantitative estimate of drug-likeness (QED) is 0.942. The molecule has 0 aliphatic rings. The zero-order valence-corrected chi connectivity index (χ0v) is 11.1. The highest BCUT2D eigenvalue weighted by atomic mass is 35.5. The van der Waals surface area contributed by atoms with Crippen molar-refractivity contribution in [1.29, 1.82) is 5.26 Å². The van der Waals surface area contributed by atoms with E-state index in [9.17, 15) is 9.18 Å². The molecule has 2 aromatic rings. The molecule has 2 aromatic carbocycles. The third kappa shape index (κ3) is 3.34. The highest BCUT2D eigenvalue weighted by Gasteiger charge is 2.08. The van der Waals surface area contributed by atoms with Gasteiger partial charge in [-0.1, -0.05) is 23.7 Å². The van der Waals surface area contributed by atoms with Crippen LogP contribution >= 0.6 is 11.6 Å². The summed E-state index contributed by atoms with van der Waals surface area (Å²) in [4.78, 5) is 11.8. The standard InChI is InChI=1S/C15H10ClFN2O/c16-13-6-5-12(7-14(13)17)15(20)19-9-11-3-1-10(8-18)2-4-11/h1-7H,9H2,(H,19,20). The average molecular weight is 289 g/mol. The SMILES string of the molecule is N#Cc1ccc(CNC(=O)c2ccc(Cl)c(F)c2)cc1. The van der Waals surface area contributed by atoms with Crippen LogP contribution < -0.4 is 5.32 Å². The van der Waals surface area contributed by atoms with E-state index in [2.05, 4.69) is 5.32 Å². The average Bonchev–Trinajstić information content (AvgIpc) is 2.48. The molecule has 0 saturated heterocycles. The molecule has 3 nitrogen and oxygen atoms in total. The van der Waals surface area contributed by atoms with Gasteiger partial charge in [0.1, 0.15) is 5.82 Å². The maximum absolute atomic E-state index is 13.2. The van der Waals surface area contributed by atoms with E-state index in [1.165, 1.54) is 12.1 Å². The van der Waals surface area contributed by atoms with Crippen LogP contribution in [0.3, 0.4) is 0 Å². The fourth-order valence-corrected chi connectivity index (χ4v) is 1.74. The van der Waals surface area contributed by atoms with E-state index in [0.717, 1.165) is 11.6 Å². The number of carbonyl (C=O) groups is 1. The normalized spacial score (nSPS) is 9.85. The molecule has 0 aliphatic heterocycles. The second-order valence-corrected chi connectivity index (χ2v) is 4.53. The van der Waals surface area contributed by atoms with Crippen molar-refractivity contribution in [3.8, 4) is 6.07 Å². The summed E-state index contributed by atoms with van der Waals surface area (Å²) in [7, 11) is 0. The zero-order chi connectivity index (χ0) is 14.5. The fourth-order valence-electron chi connectivity index (χ4n) is 1.62. The summed E-state index contributed by atoms with van der Waals surface area (Å²) in [6, 6.07) is 12.7. The highest BCUT2D eigenvalue weighted by Crippen LogP contribution is 2.15. The molecule has 1 amide bonds. The molecular weight excluding hydrogens is 279 g/mol. The van der Waals surface area contributed by atoms with Crippen LogP contribution in [0.1, 0.15) is 21.5 Å². The number of nitriles is 1. The molecule has 5 heteroatoms. The topological polar surface area (TPSA) is 52.9 Å². The third-order valence-corrected chi connectivity index (χ3v) is 3.02. The molecule has 100 valence electrons. The second kappa shape index (κ2) is 6.18. The summed E-state index contributed by atoms with van der Waals surface area (Å²) in [5.74, 6) is -1.01. The van der Waals surface area contributed by atoms with E-state index in [4.69, 9.17) is 16.9 Å². The highest BCUT2D eigenvalue weighted by molar-refractivity contribution is 6.30. The van der Waals surface area contributed by atoms with Crippen LogP contribution in [0.25, 0.3) is 0 Å². The maximum Gasteiger partial charge on any atom is 0.251 e. The number of nitrogens with one attached hydrogen (secondary N) is 1. The van der Waals surface area contributed by atoms with Gasteiger partial charge in [0.2, 0.25) is 0 Å². The van der Waals surface area contributed by atoms with Crippen LogP contribution in [-0.2, 0) is 6.54 Å². The van der Waals surface area contributed by atoms with Crippen LogP contribution in [0.2, 0.25) is 5.02 Å². The van der Waals surface area contributed by atoms with Crippen LogP contribution in [-0.4, -0.2) is 5.91 Å². The number of hydrogen-bond donors (Lipinski definition) is 1. The fraction of sp³-hybridized carbons (Fsp3) is 0.0667. The molecule has 0 bridgehead atoms. The lowest BCUT2D eigenvalue weighted by molar-refractivity contribution is 0.0950. The number of carbonyl (C=O) groups excluding carboxylic acids is 1. The van der Waals surface area contributed by atoms with E-state index in [1.807, 2.05) is 6.07 Å². The predicted octanol–water partition coefficient (Wildman–Crippen LogP) is 3.28. The molecule has 0 heterocycles. The van der Waals surface area contributed by atoms with Crippen LogP contribution in [0.15, 0.2) is 42.5 Å². The Bertz CT molecular complexity index is 677. The Morgan fingerprint density at radius 3 is 2.55 bits per heavy atom. The van der Waals surface area contributed by atoms with Crippen LogP contribution in [0.5, 0.6) is 0 Å². The van der Waals surface area contributed by atoms with E-state index in [1.54, 1.807) is 24.3 Å². The minimum Gasteiger partial charge on any atom is -0.348 e. The molecule has 2 rings (SSSR count). The van der Waals surface area contributed by atoms with Gasteiger partial charge in [0.25, 0.3) is 5.91 Å². The number of nitrogens with zero attached hydrogens (tertiary/aromatic N) is 1. The molecule has 0 atom stereocenters. The molecule has 0 aliphatic carbocycles. The summed E-state index contributed by atoms with van der Waals surface area (Å²) in [5.41, 5.74) is 1.62. The third-order valence-electron chi connectivity index (χ3n) is 2.72. The van der Waals surface area contributed by atoms with Crippen LogP contribution in [0.4, 0.5) is 4.39 Å². The van der Waals surface area contributed by atoms with Crippen molar-refractivity contribution >= 4 is 17.5 Å². The minimum atomic E-state index is -0.627. The van der Waals surface area contributed by atoms with E-state index >= 15 is 0 Å². The van der Waals surface area contributed by atoms with Gasteiger partial charge in [0.15, 0.2) is 0 Å². The molecule has 0 unspecified atom stereocenters. The second-order valence-electron chi connectivity index (χ2n) is 4.12. The molecule has 0 spiro atoms. The van der Waals surface area contributed by atoms with Gasteiger partial charge in [-0.2, -0.15) is 5.26 Å². The first-order chi connectivity index (χ1) is 9.60. The number of amides is 1. The van der Waals surface area contributed by atoms with E-state index in [0.29, 0.717) is 12.1 Å². The van der Waals surface area contributed by atoms with E-state index in [-0.39, 0.29) is 16.5 Å². The molecule has 20 heavy (non-hydrogen) atoms. The van der Waals surface area contributed by atoms with Gasteiger partial charge in [0, 0.05) is 12.1 Å². The molecule has 0 radical (unpaired) electrons. The zero-order valence-electron chi connectivity index (χ0n) is 10.4. The van der Waals surface area contributed by atoms with Crippen LogP contribution in [0, 0.1) is 17.1 Å². The number of rotatable bonds is 3. The molecule has 1 N–H and O–H groups in total. The summed E-state index contributed by atoms with van der Waals surface area (Å²) in [6.07, 6.45) is 0. The van der Waals surface area contributed by atoms with Crippen molar-refractivity contribution in [2.75, 3.05) is 0 Å². The summed E-state index contributed by atoms with van der Waals surface area (Å²) in [5, 5.41) is 11.3. The van der Waals surface area contributed by atoms with Crippen molar-refractivity contribution in [2.24, 2.45) is 0 Å². The van der Waals surface area contributed by atoms with Gasteiger partial charge in [-0.05, 0) is 35.9 Å². The number of hydrogen-bond acceptors (Lipinski definition) is 2. The van der Waals surface area contributed by atoms with Gasteiger partial charge < -0.3 is 5.32 Å². The van der Waals surface area contributed by atoms with Crippen molar-refractivity contribution in [2.45, 2.75) is 6.54 Å². The Hall–Kier alpha value is -2.38. The lowest BCUT2D eigenvalue weighted by atomic mass is 10.1. The number of halogens is 2. The van der Waals surface area contributed by atoms with Gasteiger partial charge in [-0.25, -0.2) is 4.39 Å². The van der Waals surface area contributed by atoms with Crippen molar-refractivity contribution in [3.05, 3.63) is 70.0 Å². The van der Waals surface area contributed by atoms with Gasteiger partial charge in [0.05, 0.1) is 16.7 Å². The molecule has 0 fully saturated rings. The number of benzene rings is 2. The first-order valence-corrected chi connectivity index (χ1v) is 6.20.